The zero-order valence-electron chi connectivity index (χ0n) is 9.40. The molecule has 5 nitrogen and oxygen atoms in total. The number of nitrogens with two attached hydrogens (primary N) is 2. The van der Waals surface area contributed by atoms with E-state index < -0.39 is 0 Å². The Hall–Kier alpha value is 0.514. The molecule has 7 N–H and O–H groups in total. The molecule has 0 spiro atoms. The fourth-order valence-corrected chi connectivity index (χ4v) is 0.358. The molecule has 0 bridgehead atoms. The van der Waals surface area contributed by atoms with E-state index in [2.05, 4.69) is 6.92 Å². The van der Waals surface area contributed by atoms with Gasteiger partial charge in [-0.15, -0.1) is 0 Å². The van der Waals surface area contributed by atoms with Crippen molar-refractivity contribution in [2.24, 2.45) is 11.5 Å². The Labute approximate surface area is 102 Å². The van der Waals surface area contributed by atoms with Gasteiger partial charge in [-0.1, -0.05) is 0 Å². The summed E-state index contributed by atoms with van der Waals surface area (Å²) in [7, 11) is 3.00. The van der Waals surface area contributed by atoms with Gasteiger partial charge in [-0.05, 0) is 19.0 Å². The predicted octanol–water partition coefficient (Wildman–Crippen LogP) is -1.29. The maximum Gasteiger partial charge on any atom is 0.0319 e. The van der Waals surface area contributed by atoms with Gasteiger partial charge in [0, 0.05) is 43.0 Å². The molecule has 6 heteroatoms. The Bertz CT molecular complexity index is 53.6. The van der Waals surface area contributed by atoms with Crippen molar-refractivity contribution < 1.29 is 37.0 Å². The van der Waals surface area contributed by atoms with Crippen LogP contribution < -0.4 is 11.5 Å². The fourth-order valence-electron chi connectivity index (χ4n) is 0.358. The summed E-state index contributed by atoms with van der Waals surface area (Å²) in [6.45, 7) is 4.30. The van der Waals surface area contributed by atoms with Crippen LogP contribution in [0.25, 0.3) is 0 Å². The van der Waals surface area contributed by atoms with Crippen LogP contribution in [0.1, 0.15) is 12.8 Å². The van der Waals surface area contributed by atoms with Crippen LogP contribution in [0.5, 0.6) is 0 Å². The summed E-state index contributed by atoms with van der Waals surface area (Å²) < 4.78 is 0. The molecule has 0 rings (SSSR count). The van der Waals surface area contributed by atoms with Crippen molar-refractivity contribution in [2.75, 3.05) is 27.9 Å². The molecule has 0 aromatic carbocycles. The number of hydrogen-bond acceptors (Lipinski definition) is 5. The summed E-state index contributed by atoms with van der Waals surface area (Å²) in [5, 5.41) is 21.0. The maximum absolute atomic E-state index is 7.00. The Morgan fingerprint density at radius 3 is 1.43 bits per heavy atom. The minimum Gasteiger partial charge on any atom is -0.400 e. The van der Waals surface area contributed by atoms with Crippen molar-refractivity contribution in [3.63, 3.8) is 0 Å². The molecule has 0 aliphatic heterocycles. The van der Waals surface area contributed by atoms with E-state index >= 15 is 0 Å². The third kappa shape index (κ3) is 54.6. The van der Waals surface area contributed by atoms with Crippen LogP contribution in [-0.4, -0.2) is 49.2 Å². The first kappa shape index (κ1) is 29.3. The Kier molecular flexibility index (Phi) is 104. The molecule has 0 saturated heterocycles. The van der Waals surface area contributed by atoms with Gasteiger partial charge in [0.15, 0.2) is 0 Å². The quantitative estimate of drug-likeness (QED) is 0.313. The Morgan fingerprint density at radius 2 is 1.36 bits per heavy atom. The molecule has 0 aromatic heterocycles. The summed E-state index contributed by atoms with van der Waals surface area (Å²) in [6, 6.07) is 0.213. The van der Waals surface area contributed by atoms with Gasteiger partial charge >= 0.3 is 0 Å². The number of aliphatic hydroxyl groups excluding tert-OH is 3. The molecule has 0 amide bonds. The van der Waals surface area contributed by atoms with Gasteiger partial charge in [0.05, 0.1) is 0 Å². The number of hydrogen-bond donors (Lipinski definition) is 5. The first-order valence-corrected chi connectivity index (χ1v) is 3.90. The van der Waals surface area contributed by atoms with Gasteiger partial charge < -0.3 is 33.7 Å². The monoisotopic (exact) mass is 245 g/mol. The second-order valence-corrected chi connectivity index (χ2v) is 1.63. The second kappa shape index (κ2) is 49.9. The summed E-state index contributed by atoms with van der Waals surface area (Å²) in [5.41, 5.74) is 10.6. The first-order valence-electron chi connectivity index (χ1n) is 3.90. The van der Waals surface area contributed by atoms with E-state index in [9.17, 15) is 0 Å². The molecule has 0 aliphatic rings. The van der Waals surface area contributed by atoms with E-state index in [-0.39, 0.29) is 27.8 Å². The molecular formula is C8H25N2O3Ti-. The van der Waals surface area contributed by atoms with Crippen molar-refractivity contribution in [3.05, 3.63) is 6.92 Å². The van der Waals surface area contributed by atoms with E-state index in [0.29, 0.717) is 6.54 Å². The van der Waals surface area contributed by atoms with Gasteiger partial charge in [0.2, 0.25) is 0 Å². The van der Waals surface area contributed by atoms with E-state index in [1.807, 2.05) is 0 Å². The van der Waals surface area contributed by atoms with Gasteiger partial charge in [0.25, 0.3) is 0 Å². The molecule has 14 heavy (non-hydrogen) atoms. The number of aliphatic hydroxyl groups is 3. The van der Waals surface area contributed by atoms with Crippen LogP contribution in [0.3, 0.4) is 0 Å². The zero-order valence-corrected chi connectivity index (χ0v) is 11.0. The third-order valence-electron chi connectivity index (χ3n) is 0.908. The summed E-state index contributed by atoms with van der Waals surface area (Å²) in [5.74, 6) is 0. The third-order valence-corrected chi connectivity index (χ3v) is 0.908. The molecule has 1 unspecified atom stereocenters. The largest absolute Gasteiger partial charge is 0.400 e. The van der Waals surface area contributed by atoms with E-state index in [0.717, 1.165) is 34.2 Å². The molecule has 0 saturated carbocycles. The van der Waals surface area contributed by atoms with Gasteiger partial charge in [-0.2, -0.15) is 6.42 Å². The van der Waals surface area contributed by atoms with Gasteiger partial charge in [-0.3, -0.25) is 0 Å². The summed E-state index contributed by atoms with van der Waals surface area (Å²) in [4.78, 5) is 0. The minimum absolute atomic E-state index is 0. The minimum atomic E-state index is 0. The predicted molar refractivity (Wildman–Crippen MR) is 56.0 cm³/mol. The van der Waals surface area contributed by atoms with Crippen LogP contribution in [-0.2, 0) is 21.7 Å². The van der Waals surface area contributed by atoms with Crippen molar-refractivity contribution >= 4 is 0 Å². The van der Waals surface area contributed by atoms with E-state index in [1.165, 1.54) is 0 Å². The molecular weight excluding hydrogens is 220 g/mol. The van der Waals surface area contributed by atoms with E-state index in [4.69, 9.17) is 26.8 Å². The first-order chi connectivity index (χ1) is 6.31. The average Bonchev–Trinajstić information content (AvgIpc) is 2.27. The van der Waals surface area contributed by atoms with Crippen LogP contribution in [0, 0.1) is 6.92 Å². The zero-order chi connectivity index (χ0) is 11.7. The fraction of sp³-hybridized carbons (Fsp3) is 0.875. The molecule has 0 aliphatic carbocycles. The van der Waals surface area contributed by atoms with Crippen LogP contribution in [0.15, 0.2) is 0 Å². The molecule has 0 fully saturated rings. The molecule has 1 atom stereocenters. The maximum atomic E-state index is 7.00. The summed E-state index contributed by atoms with van der Waals surface area (Å²) in [6.07, 6.45) is 1.68. The number of rotatable bonds is 3. The SMILES string of the molecule is CO.CO.CO.[CH2-]CC(N)CCN.[Ti]. The molecule has 0 heterocycles. The van der Waals surface area contributed by atoms with Gasteiger partial charge in [-0.25, -0.2) is 0 Å². The van der Waals surface area contributed by atoms with Crippen molar-refractivity contribution in [3.8, 4) is 0 Å². The van der Waals surface area contributed by atoms with E-state index in [1.54, 1.807) is 0 Å². The van der Waals surface area contributed by atoms with Crippen LogP contribution in [0.4, 0.5) is 0 Å². The Morgan fingerprint density at radius 1 is 1.07 bits per heavy atom. The van der Waals surface area contributed by atoms with Crippen molar-refractivity contribution in [1.29, 1.82) is 0 Å². The van der Waals surface area contributed by atoms with Crippen molar-refractivity contribution in [1.82, 2.24) is 0 Å². The summed E-state index contributed by atoms with van der Waals surface area (Å²) >= 11 is 0. The topological polar surface area (TPSA) is 113 Å². The molecule has 0 aromatic rings. The second-order valence-electron chi connectivity index (χ2n) is 1.63. The standard InChI is InChI=1S/C5H13N2.3CH4O.Ti/c1-2-5(7)3-4-6;3*1-2;/h5H,1-4,6-7H2;3*2H,1H3;/q-1;;;;. The van der Waals surface area contributed by atoms with Crippen molar-refractivity contribution in [2.45, 2.75) is 18.9 Å². The molecule has 0 radical (unpaired) electrons. The van der Waals surface area contributed by atoms with Gasteiger partial charge in [0.1, 0.15) is 0 Å². The van der Waals surface area contributed by atoms with Crippen LogP contribution >= 0.6 is 0 Å². The smallest absolute Gasteiger partial charge is 0.0319 e. The normalized spacial score (nSPS) is 8.36. The molecule has 90 valence electrons. The van der Waals surface area contributed by atoms with Crippen LogP contribution in [0.2, 0.25) is 0 Å². The average molecular weight is 245 g/mol. The Balaban J connectivity index is -0.0000000332.